The fourth-order valence-electron chi connectivity index (χ4n) is 4.45. The van der Waals surface area contributed by atoms with Crippen molar-refractivity contribution in [3.05, 3.63) is 62.7 Å². The predicted molar refractivity (Wildman–Crippen MR) is 103 cm³/mol. The van der Waals surface area contributed by atoms with Crippen molar-refractivity contribution in [3.8, 4) is 0 Å². The van der Waals surface area contributed by atoms with Crippen LogP contribution in [0.5, 0.6) is 0 Å². The summed E-state index contributed by atoms with van der Waals surface area (Å²) >= 11 is 3.30. The average molecular weight is 461 g/mol. The van der Waals surface area contributed by atoms with Gasteiger partial charge in [-0.3, -0.25) is 0 Å². The van der Waals surface area contributed by atoms with E-state index in [9.17, 15) is 0 Å². The number of benzene rings is 1. The van der Waals surface area contributed by atoms with Crippen molar-refractivity contribution in [1.29, 1.82) is 0 Å². The zero-order valence-corrected chi connectivity index (χ0v) is 18.7. The van der Waals surface area contributed by atoms with Gasteiger partial charge in [0.1, 0.15) is 0 Å². The Balaban J connectivity index is 1.69. The molecule has 1 aromatic rings. The number of allylic oxidation sites excluding steroid dienone is 5. The van der Waals surface area contributed by atoms with Crippen LogP contribution < -0.4 is 0 Å². The monoisotopic (exact) mass is 458 g/mol. The Morgan fingerprint density at radius 1 is 1.25 bits per heavy atom. The molecule has 0 saturated heterocycles. The van der Waals surface area contributed by atoms with Crippen molar-refractivity contribution in [2.75, 3.05) is 0 Å². The molecule has 0 spiro atoms. The molecule has 0 fully saturated rings. The van der Waals surface area contributed by atoms with Gasteiger partial charge in [0.15, 0.2) is 0 Å². The summed E-state index contributed by atoms with van der Waals surface area (Å²) in [6.07, 6.45) is 20.0. The molecule has 2 heteroatoms. The molecule has 0 bridgehead atoms. The summed E-state index contributed by atoms with van der Waals surface area (Å²) in [6.45, 7) is 4.69. The number of hydrogen-bond acceptors (Lipinski definition) is 0. The third kappa shape index (κ3) is 2.92. The Kier molecular flexibility index (Phi) is 4.91. The number of aryl methyl sites for hydroxylation is 1. The van der Waals surface area contributed by atoms with E-state index in [0.29, 0.717) is 3.12 Å². The molecule has 0 amide bonds. The SMILES string of the molecule is CCCC[C]1([Zr][CH]2C(C)=Cc3c2cc2c(c3Br)CCC2)C=CC=C1. The van der Waals surface area contributed by atoms with E-state index in [0.717, 1.165) is 3.63 Å². The first-order chi connectivity index (χ1) is 11.6. The molecule has 124 valence electrons. The normalized spacial score (nSPS) is 22.6. The van der Waals surface area contributed by atoms with E-state index in [2.05, 4.69) is 66.2 Å². The predicted octanol–water partition coefficient (Wildman–Crippen LogP) is 6.95. The van der Waals surface area contributed by atoms with Gasteiger partial charge in [0.25, 0.3) is 0 Å². The minimum atomic E-state index is -0.657. The molecule has 1 aromatic carbocycles. The van der Waals surface area contributed by atoms with Crippen LogP contribution in [-0.2, 0) is 36.1 Å². The Morgan fingerprint density at radius 2 is 2.04 bits per heavy atom. The topological polar surface area (TPSA) is 0 Å². The van der Waals surface area contributed by atoms with Crippen LogP contribution in [0, 0.1) is 0 Å². The minimum absolute atomic E-state index is 0.437. The summed E-state index contributed by atoms with van der Waals surface area (Å²) in [4.78, 5) is 0. The first kappa shape index (κ1) is 17.2. The molecule has 0 radical (unpaired) electrons. The number of fused-ring (bicyclic) bond motifs is 2. The van der Waals surface area contributed by atoms with E-state index in [1.54, 1.807) is 22.3 Å². The number of unbranched alkanes of at least 4 members (excludes halogenated alkanes) is 1. The maximum atomic E-state index is 3.95. The van der Waals surface area contributed by atoms with Gasteiger partial charge in [0, 0.05) is 0 Å². The molecule has 24 heavy (non-hydrogen) atoms. The third-order valence-electron chi connectivity index (χ3n) is 5.80. The zero-order chi connectivity index (χ0) is 16.7. The summed E-state index contributed by atoms with van der Waals surface area (Å²) in [7, 11) is 0. The molecule has 0 aliphatic heterocycles. The van der Waals surface area contributed by atoms with Crippen molar-refractivity contribution >= 4 is 22.0 Å². The van der Waals surface area contributed by atoms with Crippen LogP contribution in [0.25, 0.3) is 6.08 Å². The molecule has 0 nitrogen and oxygen atoms in total. The van der Waals surface area contributed by atoms with Gasteiger partial charge in [0.05, 0.1) is 0 Å². The summed E-state index contributed by atoms with van der Waals surface area (Å²) in [5.41, 5.74) is 7.98. The first-order valence-corrected chi connectivity index (χ1v) is 12.7. The second kappa shape index (κ2) is 6.84. The summed E-state index contributed by atoms with van der Waals surface area (Å²) in [5.74, 6) is 0. The number of rotatable bonds is 5. The third-order valence-corrected chi connectivity index (χ3v) is 12.1. The molecule has 1 unspecified atom stereocenters. The summed E-state index contributed by atoms with van der Waals surface area (Å²) in [5, 5.41) is 0. The van der Waals surface area contributed by atoms with E-state index in [1.807, 2.05) is 0 Å². The van der Waals surface area contributed by atoms with Crippen molar-refractivity contribution in [2.45, 2.75) is 59.1 Å². The van der Waals surface area contributed by atoms with Gasteiger partial charge in [-0.2, -0.15) is 0 Å². The van der Waals surface area contributed by atoms with Crippen LogP contribution in [0.1, 0.15) is 65.4 Å². The quantitative estimate of drug-likeness (QED) is 0.446. The number of halogens is 1. The Hall–Kier alpha value is -0.197. The zero-order valence-electron chi connectivity index (χ0n) is 14.7. The number of hydrogen-bond donors (Lipinski definition) is 0. The van der Waals surface area contributed by atoms with Crippen LogP contribution in [0.2, 0.25) is 3.12 Å². The van der Waals surface area contributed by atoms with Gasteiger partial charge in [-0.25, -0.2) is 0 Å². The fourth-order valence-corrected chi connectivity index (χ4v) is 10.0. The Labute approximate surface area is 166 Å². The Bertz CT molecular complexity index is 742. The van der Waals surface area contributed by atoms with Crippen LogP contribution in [0.4, 0.5) is 0 Å². The van der Waals surface area contributed by atoms with Crippen LogP contribution >= 0.6 is 15.9 Å². The van der Waals surface area contributed by atoms with Gasteiger partial charge in [-0.1, -0.05) is 0 Å². The molecule has 0 heterocycles. The van der Waals surface area contributed by atoms with Crippen LogP contribution in [-0.4, -0.2) is 0 Å². The van der Waals surface area contributed by atoms with E-state index < -0.39 is 23.2 Å². The van der Waals surface area contributed by atoms with E-state index in [-0.39, 0.29) is 0 Å². The molecule has 0 saturated carbocycles. The van der Waals surface area contributed by atoms with Gasteiger partial charge in [0.2, 0.25) is 0 Å². The Morgan fingerprint density at radius 3 is 2.79 bits per heavy atom. The molecule has 0 N–H and O–H groups in total. The second-order valence-electron chi connectivity index (χ2n) is 7.51. The van der Waals surface area contributed by atoms with Gasteiger partial charge < -0.3 is 0 Å². The van der Waals surface area contributed by atoms with Crippen molar-refractivity contribution in [2.24, 2.45) is 0 Å². The maximum absolute atomic E-state index is 3.95. The van der Waals surface area contributed by atoms with Gasteiger partial charge in [-0.05, 0) is 0 Å². The van der Waals surface area contributed by atoms with E-state index in [4.69, 9.17) is 0 Å². The van der Waals surface area contributed by atoms with E-state index in [1.165, 1.54) is 48.6 Å². The summed E-state index contributed by atoms with van der Waals surface area (Å²) < 4.78 is 2.59. The molecular formula is C22H25BrZr. The molecular weight excluding hydrogens is 435 g/mol. The van der Waals surface area contributed by atoms with E-state index >= 15 is 0 Å². The molecule has 0 aromatic heterocycles. The molecule has 4 rings (SSSR count). The van der Waals surface area contributed by atoms with Gasteiger partial charge in [-0.15, -0.1) is 0 Å². The van der Waals surface area contributed by atoms with Crippen molar-refractivity contribution in [3.63, 3.8) is 0 Å². The van der Waals surface area contributed by atoms with Crippen molar-refractivity contribution in [1.82, 2.24) is 0 Å². The first-order valence-electron chi connectivity index (χ1n) is 9.30. The van der Waals surface area contributed by atoms with Crippen LogP contribution in [0.15, 0.2) is 40.4 Å². The molecule has 3 aliphatic rings. The summed E-state index contributed by atoms with van der Waals surface area (Å²) in [6, 6.07) is 2.58. The molecule has 1 atom stereocenters. The standard InChI is InChI=1S/C13H12Br.C9H13.Zr/c1-8-5-10-7-9-3-2-4-11(9)13(14)12(10)6-8;1-2-3-6-9-7-4-5-8-9;/h5-7H,2-4H2,1H3;4-5,7-8H,2-3,6H2,1H3;. The van der Waals surface area contributed by atoms with Crippen molar-refractivity contribution < 1.29 is 23.2 Å². The van der Waals surface area contributed by atoms with Crippen LogP contribution in [0.3, 0.4) is 0 Å². The van der Waals surface area contributed by atoms with Gasteiger partial charge >= 0.3 is 167 Å². The molecule has 3 aliphatic carbocycles. The average Bonchev–Trinajstić information content (AvgIpc) is 3.28. The fraction of sp³-hybridized carbons (Fsp3) is 0.455. The second-order valence-corrected chi connectivity index (χ2v) is 12.7.